The predicted molar refractivity (Wildman–Crippen MR) is 87.4 cm³/mol. The summed E-state index contributed by atoms with van der Waals surface area (Å²) in [7, 11) is 1.68. The molecule has 1 unspecified atom stereocenters. The van der Waals surface area contributed by atoms with E-state index in [9.17, 15) is 5.11 Å². The minimum absolute atomic E-state index is 0.0120. The second-order valence-corrected chi connectivity index (χ2v) is 5.62. The SMILES string of the molecule is COc1cc(C)c(C)cc1C(CN)c1cc(C)nn1CCO. The summed E-state index contributed by atoms with van der Waals surface area (Å²) >= 11 is 0. The fourth-order valence-electron chi connectivity index (χ4n) is 2.79. The fraction of sp³-hybridized carbons (Fsp3) is 0.471. The monoisotopic (exact) mass is 303 g/mol. The van der Waals surface area contributed by atoms with Crippen molar-refractivity contribution in [3.8, 4) is 5.75 Å². The topological polar surface area (TPSA) is 73.3 Å². The van der Waals surface area contributed by atoms with Gasteiger partial charge in [0.25, 0.3) is 0 Å². The lowest BCUT2D eigenvalue weighted by Gasteiger charge is -2.21. The van der Waals surface area contributed by atoms with E-state index in [0.29, 0.717) is 13.1 Å². The third-order valence-corrected chi connectivity index (χ3v) is 4.06. The molecule has 1 aromatic heterocycles. The molecule has 0 bridgehead atoms. The number of hydrogen-bond acceptors (Lipinski definition) is 4. The zero-order chi connectivity index (χ0) is 16.3. The van der Waals surface area contributed by atoms with Gasteiger partial charge in [0.15, 0.2) is 0 Å². The molecule has 0 saturated carbocycles. The molecule has 3 N–H and O–H groups in total. The van der Waals surface area contributed by atoms with Crippen molar-refractivity contribution >= 4 is 0 Å². The van der Waals surface area contributed by atoms with Crippen LogP contribution in [0.15, 0.2) is 18.2 Å². The van der Waals surface area contributed by atoms with Crippen LogP contribution in [-0.2, 0) is 6.54 Å². The molecule has 0 aliphatic carbocycles. The number of aliphatic hydroxyl groups excluding tert-OH is 1. The van der Waals surface area contributed by atoms with Gasteiger partial charge in [-0.3, -0.25) is 4.68 Å². The van der Waals surface area contributed by atoms with E-state index in [-0.39, 0.29) is 12.5 Å². The summed E-state index contributed by atoms with van der Waals surface area (Å²) in [5.41, 5.74) is 11.5. The summed E-state index contributed by atoms with van der Waals surface area (Å²) in [5.74, 6) is 0.829. The Morgan fingerprint density at radius 3 is 2.50 bits per heavy atom. The van der Waals surface area contributed by atoms with Crippen molar-refractivity contribution in [2.24, 2.45) is 5.73 Å². The van der Waals surface area contributed by atoms with Crippen LogP contribution in [0.1, 0.15) is 34.0 Å². The number of aromatic nitrogens is 2. The Bertz CT molecular complexity index is 650. The number of benzene rings is 1. The zero-order valence-corrected chi connectivity index (χ0v) is 13.8. The molecular weight excluding hydrogens is 278 g/mol. The highest BCUT2D eigenvalue weighted by Gasteiger charge is 2.22. The molecule has 0 saturated heterocycles. The molecule has 1 aromatic carbocycles. The van der Waals surface area contributed by atoms with Crippen molar-refractivity contribution in [3.63, 3.8) is 0 Å². The Morgan fingerprint density at radius 2 is 1.91 bits per heavy atom. The van der Waals surface area contributed by atoms with Crippen LogP contribution in [0.5, 0.6) is 5.75 Å². The average Bonchev–Trinajstić information content (AvgIpc) is 2.84. The molecule has 0 aliphatic rings. The van der Waals surface area contributed by atoms with Crippen LogP contribution in [0.3, 0.4) is 0 Å². The van der Waals surface area contributed by atoms with Gasteiger partial charge in [-0.1, -0.05) is 6.07 Å². The maximum Gasteiger partial charge on any atom is 0.123 e. The highest BCUT2D eigenvalue weighted by atomic mass is 16.5. The zero-order valence-electron chi connectivity index (χ0n) is 13.8. The number of nitrogens with two attached hydrogens (primary N) is 1. The van der Waals surface area contributed by atoms with E-state index in [0.717, 1.165) is 22.7 Å². The minimum Gasteiger partial charge on any atom is -0.496 e. The highest BCUT2D eigenvalue weighted by molar-refractivity contribution is 5.46. The van der Waals surface area contributed by atoms with Gasteiger partial charge in [0.1, 0.15) is 5.75 Å². The Hall–Kier alpha value is -1.85. The Balaban J connectivity index is 2.55. The van der Waals surface area contributed by atoms with Gasteiger partial charge < -0.3 is 15.6 Å². The van der Waals surface area contributed by atoms with E-state index in [2.05, 4.69) is 25.0 Å². The molecule has 1 heterocycles. The lowest BCUT2D eigenvalue weighted by atomic mass is 9.91. The first-order valence-electron chi connectivity index (χ1n) is 7.52. The number of aryl methyl sites for hydroxylation is 3. The summed E-state index contributed by atoms with van der Waals surface area (Å²) < 4.78 is 7.39. The molecule has 5 heteroatoms. The molecule has 2 aromatic rings. The molecule has 0 spiro atoms. The van der Waals surface area contributed by atoms with Gasteiger partial charge >= 0.3 is 0 Å². The molecule has 22 heavy (non-hydrogen) atoms. The first-order valence-corrected chi connectivity index (χ1v) is 7.52. The van der Waals surface area contributed by atoms with Crippen molar-refractivity contribution < 1.29 is 9.84 Å². The largest absolute Gasteiger partial charge is 0.496 e. The standard InChI is InChI=1S/C17H25N3O2/c1-11-7-14(17(22-4)8-12(11)2)15(10-18)16-9-13(3)19-20(16)5-6-21/h7-9,15,21H,5-6,10,18H2,1-4H3. The summed E-state index contributed by atoms with van der Waals surface area (Å²) in [6.07, 6.45) is 0. The van der Waals surface area contributed by atoms with E-state index in [1.807, 2.05) is 23.7 Å². The first-order chi connectivity index (χ1) is 10.5. The van der Waals surface area contributed by atoms with Gasteiger partial charge in [0, 0.05) is 23.7 Å². The fourth-order valence-corrected chi connectivity index (χ4v) is 2.79. The van der Waals surface area contributed by atoms with Gasteiger partial charge in [-0.2, -0.15) is 5.10 Å². The second kappa shape index (κ2) is 6.94. The highest BCUT2D eigenvalue weighted by Crippen LogP contribution is 2.33. The number of hydrogen-bond donors (Lipinski definition) is 2. The van der Waals surface area contributed by atoms with Crippen molar-refractivity contribution in [1.82, 2.24) is 9.78 Å². The lowest BCUT2D eigenvalue weighted by Crippen LogP contribution is -2.20. The normalized spacial score (nSPS) is 12.5. The van der Waals surface area contributed by atoms with E-state index in [1.165, 1.54) is 11.1 Å². The molecular formula is C17H25N3O2. The minimum atomic E-state index is -0.0120. The van der Waals surface area contributed by atoms with Crippen LogP contribution in [0.2, 0.25) is 0 Å². The Labute approximate surface area is 131 Å². The second-order valence-electron chi connectivity index (χ2n) is 5.62. The summed E-state index contributed by atoms with van der Waals surface area (Å²) in [4.78, 5) is 0. The maximum absolute atomic E-state index is 9.24. The molecule has 0 radical (unpaired) electrons. The van der Waals surface area contributed by atoms with E-state index in [4.69, 9.17) is 10.5 Å². The van der Waals surface area contributed by atoms with Crippen LogP contribution in [0.4, 0.5) is 0 Å². The van der Waals surface area contributed by atoms with Gasteiger partial charge in [-0.15, -0.1) is 0 Å². The number of rotatable bonds is 6. The van der Waals surface area contributed by atoms with Gasteiger partial charge in [0.05, 0.1) is 26.0 Å². The number of nitrogens with zero attached hydrogens (tertiary/aromatic N) is 2. The molecule has 5 nitrogen and oxygen atoms in total. The molecule has 120 valence electrons. The smallest absolute Gasteiger partial charge is 0.123 e. The Kier molecular flexibility index (Phi) is 5.21. The number of aliphatic hydroxyl groups is 1. The summed E-state index contributed by atoms with van der Waals surface area (Å²) in [5, 5.41) is 13.7. The predicted octanol–water partition coefficient (Wildman–Crippen LogP) is 1.90. The van der Waals surface area contributed by atoms with Crippen molar-refractivity contribution in [3.05, 3.63) is 46.3 Å². The third kappa shape index (κ3) is 3.15. The molecule has 0 fully saturated rings. The average molecular weight is 303 g/mol. The van der Waals surface area contributed by atoms with Crippen molar-refractivity contribution in [2.75, 3.05) is 20.3 Å². The molecule has 0 amide bonds. The number of ether oxygens (including phenoxy) is 1. The van der Waals surface area contributed by atoms with Crippen molar-refractivity contribution in [2.45, 2.75) is 33.2 Å². The molecule has 1 atom stereocenters. The lowest BCUT2D eigenvalue weighted by molar-refractivity contribution is 0.266. The van der Waals surface area contributed by atoms with Crippen LogP contribution < -0.4 is 10.5 Å². The van der Waals surface area contributed by atoms with Crippen LogP contribution >= 0.6 is 0 Å². The first kappa shape index (κ1) is 16.5. The number of methoxy groups -OCH3 is 1. The van der Waals surface area contributed by atoms with Gasteiger partial charge in [0.2, 0.25) is 0 Å². The van der Waals surface area contributed by atoms with Crippen molar-refractivity contribution in [1.29, 1.82) is 0 Å². The Morgan fingerprint density at radius 1 is 1.23 bits per heavy atom. The van der Waals surface area contributed by atoms with Crippen LogP contribution in [-0.4, -0.2) is 35.1 Å². The maximum atomic E-state index is 9.24. The summed E-state index contributed by atoms with van der Waals surface area (Å²) in [6, 6.07) is 6.21. The van der Waals surface area contributed by atoms with Gasteiger partial charge in [-0.25, -0.2) is 0 Å². The van der Waals surface area contributed by atoms with E-state index < -0.39 is 0 Å². The quantitative estimate of drug-likeness (QED) is 0.855. The van der Waals surface area contributed by atoms with E-state index >= 15 is 0 Å². The van der Waals surface area contributed by atoms with Crippen LogP contribution in [0.25, 0.3) is 0 Å². The molecule has 2 rings (SSSR count). The third-order valence-electron chi connectivity index (χ3n) is 4.06. The summed E-state index contributed by atoms with van der Waals surface area (Å²) in [6.45, 7) is 7.07. The molecule has 0 aliphatic heterocycles. The van der Waals surface area contributed by atoms with E-state index in [1.54, 1.807) is 7.11 Å². The van der Waals surface area contributed by atoms with Gasteiger partial charge in [-0.05, 0) is 44.0 Å². The van der Waals surface area contributed by atoms with Crippen LogP contribution in [0, 0.1) is 20.8 Å².